The lowest BCUT2D eigenvalue weighted by atomic mass is 9.92. The number of benzene rings is 1. The maximum Gasteiger partial charge on any atom is 0.170 e. The molecule has 19 heavy (non-hydrogen) atoms. The van der Waals surface area contributed by atoms with Crippen molar-refractivity contribution in [3.8, 4) is 0 Å². The molecule has 0 amide bonds. The van der Waals surface area contributed by atoms with Gasteiger partial charge in [0, 0.05) is 16.6 Å². The number of aliphatic imine (C=N–C) groups is 1. The van der Waals surface area contributed by atoms with Crippen LogP contribution in [0.5, 0.6) is 0 Å². The normalized spacial score (nSPS) is 25.4. The molecule has 0 aromatic heterocycles. The average molecular weight is 277 g/mol. The second-order valence-electron chi connectivity index (χ2n) is 5.29. The molecule has 3 rings (SSSR count). The fraction of sp³-hybridized carbons (Fsp3) is 0.467. The Labute approximate surface area is 118 Å². The third-order valence-corrected chi connectivity index (χ3v) is 4.15. The van der Waals surface area contributed by atoms with E-state index in [2.05, 4.69) is 10.3 Å². The van der Waals surface area contributed by atoms with Crippen molar-refractivity contribution in [1.82, 2.24) is 5.32 Å². The van der Waals surface area contributed by atoms with E-state index in [0.717, 1.165) is 12.3 Å². The van der Waals surface area contributed by atoms with Crippen molar-refractivity contribution < 1.29 is 4.79 Å². The Kier molecular flexibility index (Phi) is 3.56. The topological polar surface area (TPSA) is 41.5 Å². The molecule has 0 unspecified atom stereocenters. The van der Waals surface area contributed by atoms with Gasteiger partial charge in [0.2, 0.25) is 0 Å². The minimum atomic E-state index is 0.0987. The fourth-order valence-corrected chi connectivity index (χ4v) is 3.00. The number of hydrogen-bond donors (Lipinski definition) is 1. The predicted octanol–water partition coefficient (Wildman–Crippen LogP) is 3.23. The lowest BCUT2D eigenvalue weighted by Crippen LogP contribution is -2.37. The monoisotopic (exact) mass is 276 g/mol. The van der Waals surface area contributed by atoms with Crippen molar-refractivity contribution >= 4 is 23.2 Å². The molecule has 4 heteroatoms. The largest absolute Gasteiger partial charge is 0.369 e. The van der Waals surface area contributed by atoms with Crippen LogP contribution in [0.3, 0.4) is 0 Å². The van der Waals surface area contributed by atoms with Gasteiger partial charge in [-0.15, -0.1) is 0 Å². The highest BCUT2D eigenvalue weighted by molar-refractivity contribution is 6.30. The second kappa shape index (κ2) is 5.33. The van der Waals surface area contributed by atoms with E-state index in [4.69, 9.17) is 11.6 Å². The van der Waals surface area contributed by atoms with E-state index >= 15 is 0 Å². The minimum absolute atomic E-state index is 0.0987. The summed E-state index contributed by atoms with van der Waals surface area (Å²) in [6.07, 6.45) is 5.21. The number of hydrogen-bond acceptors (Lipinski definition) is 3. The molecular weight excluding hydrogens is 260 g/mol. The summed E-state index contributed by atoms with van der Waals surface area (Å²) in [4.78, 5) is 16.8. The van der Waals surface area contributed by atoms with Crippen LogP contribution in [-0.2, 0) is 0 Å². The van der Waals surface area contributed by atoms with Gasteiger partial charge >= 0.3 is 0 Å². The summed E-state index contributed by atoms with van der Waals surface area (Å²) in [5.74, 6) is 0.957. The van der Waals surface area contributed by atoms with Crippen molar-refractivity contribution in [2.45, 2.75) is 44.2 Å². The quantitative estimate of drug-likeness (QED) is 0.861. The van der Waals surface area contributed by atoms with Gasteiger partial charge in [-0.2, -0.15) is 0 Å². The first-order valence-electron chi connectivity index (χ1n) is 6.84. The molecule has 100 valence electrons. The molecule has 1 aromatic carbocycles. The molecule has 1 aliphatic carbocycles. The molecule has 1 aromatic rings. The fourth-order valence-electron chi connectivity index (χ4n) is 2.87. The van der Waals surface area contributed by atoms with Gasteiger partial charge in [0.1, 0.15) is 5.84 Å². The van der Waals surface area contributed by atoms with Gasteiger partial charge in [-0.3, -0.25) is 9.79 Å². The summed E-state index contributed by atoms with van der Waals surface area (Å²) in [6, 6.07) is 7.89. The Morgan fingerprint density at radius 2 is 2.00 bits per heavy atom. The van der Waals surface area contributed by atoms with Crippen molar-refractivity contribution in [1.29, 1.82) is 0 Å². The standard InChI is InChI=1S/C15H17ClN2O/c16-11-7-5-10(6-8-11)14(19)9-15-17-12-3-1-2-4-13(12)18-15/h5-8,12-13H,1-4,9H2,(H,17,18)/t12-,13-/m1/s1. The third kappa shape index (κ3) is 2.81. The lowest BCUT2D eigenvalue weighted by Gasteiger charge is -2.23. The number of Topliss-reactive ketones (excluding diaryl/α,β-unsaturated/α-hetero) is 1. The molecular formula is C15H17ClN2O. The summed E-state index contributed by atoms with van der Waals surface area (Å²) in [7, 11) is 0. The van der Waals surface area contributed by atoms with Crippen molar-refractivity contribution in [2.24, 2.45) is 4.99 Å². The molecule has 0 saturated heterocycles. The third-order valence-electron chi connectivity index (χ3n) is 3.90. The number of ketones is 1. The predicted molar refractivity (Wildman–Crippen MR) is 77.0 cm³/mol. The van der Waals surface area contributed by atoms with Crippen LogP contribution in [0.4, 0.5) is 0 Å². The number of nitrogens with zero attached hydrogens (tertiary/aromatic N) is 1. The van der Waals surface area contributed by atoms with Gasteiger partial charge in [0.25, 0.3) is 0 Å². The molecule has 1 N–H and O–H groups in total. The zero-order valence-electron chi connectivity index (χ0n) is 10.7. The summed E-state index contributed by atoms with van der Waals surface area (Å²) < 4.78 is 0. The first kappa shape index (κ1) is 12.7. The first-order valence-corrected chi connectivity index (χ1v) is 7.22. The van der Waals surface area contributed by atoms with Gasteiger partial charge in [-0.25, -0.2) is 0 Å². The average Bonchev–Trinajstić information content (AvgIpc) is 2.81. The highest BCUT2D eigenvalue weighted by atomic mass is 35.5. The van der Waals surface area contributed by atoms with Gasteiger partial charge in [-0.05, 0) is 37.1 Å². The summed E-state index contributed by atoms with van der Waals surface area (Å²) in [5, 5.41) is 4.06. The Morgan fingerprint density at radius 3 is 2.74 bits per heavy atom. The number of amidine groups is 1. The Bertz CT molecular complexity index is 509. The Balaban J connectivity index is 1.65. The number of carbonyl (C=O) groups excluding carboxylic acids is 1. The molecule has 0 spiro atoms. The number of carbonyl (C=O) groups is 1. The maximum absolute atomic E-state index is 12.2. The SMILES string of the molecule is O=C(CC1=N[C@@H]2CCCC[C@H]2N1)c1ccc(Cl)cc1. The summed E-state index contributed by atoms with van der Waals surface area (Å²) in [5.41, 5.74) is 0.698. The van der Waals surface area contributed by atoms with E-state index in [0.29, 0.717) is 29.1 Å². The highest BCUT2D eigenvalue weighted by Crippen LogP contribution is 2.25. The number of fused-ring (bicyclic) bond motifs is 1. The number of halogens is 1. The van der Waals surface area contributed by atoms with Crippen molar-refractivity contribution in [3.63, 3.8) is 0 Å². The molecule has 1 fully saturated rings. The molecule has 2 atom stereocenters. The Morgan fingerprint density at radius 1 is 1.26 bits per heavy atom. The van der Waals surface area contributed by atoms with E-state index < -0.39 is 0 Å². The first-order chi connectivity index (χ1) is 9.22. The van der Waals surface area contributed by atoms with Crippen molar-refractivity contribution in [3.05, 3.63) is 34.9 Å². The van der Waals surface area contributed by atoms with Crippen molar-refractivity contribution in [2.75, 3.05) is 0 Å². The smallest absolute Gasteiger partial charge is 0.170 e. The maximum atomic E-state index is 12.2. The molecule has 1 saturated carbocycles. The van der Waals surface area contributed by atoms with Crippen LogP contribution >= 0.6 is 11.6 Å². The molecule has 1 heterocycles. The summed E-state index contributed by atoms with van der Waals surface area (Å²) >= 11 is 5.82. The zero-order chi connectivity index (χ0) is 13.2. The van der Waals surface area contributed by atoms with Crippen LogP contribution in [0.1, 0.15) is 42.5 Å². The molecule has 0 bridgehead atoms. The van der Waals surface area contributed by atoms with E-state index in [1.165, 1.54) is 19.3 Å². The van der Waals surface area contributed by atoms with E-state index in [-0.39, 0.29) is 5.78 Å². The molecule has 0 radical (unpaired) electrons. The number of nitrogens with one attached hydrogen (secondary N) is 1. The number of rotatable bonds is 3. The second-order valence-corrected chi connectivity index (χ2v) is 5.72. The lowest BCUT2D eigenvalue weighted by molar-refractivity contribution is 0.1000. The summed E-state index contributed by atoms with van der Waals surface area (Å²) in [6.45, 7) is 0. The molecule has 3 nitrogen and oxygen atoms in total. The van der Waals surface area contributed by atoms with Crippen LogP contribution in [0.25, 0.3) is 0 Å². The Hall–Kier alpha value is -1.35. The van der Waals surface area contributed by atoms with Crippen LogP contribution in [0, 0.1) is 0 Å². The van der Waals surface area contributed by atoms with Gasteiger partial charge in [0.15, 0.2) is 5.78 Å². The van der Waals surface area contributed by atoms with Crippen LogP contribution in [0.2, 0.25) is 5.02 Å². The highest BCUT2D eigenvalue weighted by Gasteiger charge is 2.31. The molecule has 2 aliphatic rings. The van der Waals surface area contributed by atoms with Crippen LogP contribution in [0.15, 0.2) is 29.3 Å². The van der Waals surface area contributed by atoms with Crippen LogP contribution in [-0.4, -0.2) is 23.7 Å². The van der Waals surface area contributed by atoms with E-state index in [1.807, 2.05) is 0 Å². The van der Waals surface area contributed by atoms with Gasteiger partial charge in [0.05, 0.1) is 12.5 Å². The van der Waals surface area contributed by atoms with E-state index in [9.17, 15) is 4.79 Å². The zero-order valence-corrected chi connectivity index (χ0v) is 11.5. The van der Waals surface area contributed by atoms with Gasteiger partial charge < -0.3 is 5.32 Å². The van der Waals surface area contributed by atoms with Gasteiger partial charge in [-0.1, -0.05) is 24.4 Å². The van der Waals surface area contributed by atoms with Crippen LogP contribution < -0.4 is 5.32 Å². The molecule has 1 aliphatic heterocycles. The minimum Gasteiger partial charge on any atom is -0.369 e. The van der Waals surface area contributed by atoms with E-state index in [1.54, 1.807) is 24.3 Å².